The molecule has 1 heterocycles. The highest BCUT2D eigenvalue weighted by atomic mass is 79.9. The highest BCUT2D eigenvalue weighted by Gasteiger charge is 2.09. The number of hydrogen-bond donors (Lipinski definition) is 1. The Hall–Kier alpha value is -0.910. The molecule has 0 saturated heterocycles. The summed E-state index contributed by atoms with van der Waals surface area (Å²) in [5.74, 6) is 1.28. The van der Waals surface area contributed by atoms with Gasteiger partial charge in [0.25, 0.3) is 0 Å². The summed E-state index contributed by atoms with van der Waals surface area (Å²) < 4.78 is 11.6. The number of benzene rings is 1. The van der Waals surface area contributed by atoms with Crippen LogP contribution in [0.25, 0.3) is 0 Å². The third kappa shape index (κ3) is 3.55. The van der Waals surface area contributed by atoms with Gasteiger partial charge in [0.1, 0.15) is 0 Å². The molecule has 0 amide bonds. The van der Waals surface area contributed by atoms with E-state index in [9.17, 15) is 0 Å². The van der Waals surface area contributed by atoms with Crippen molar-refractivity contribution in [3.63, 3.8) is 0 Å². The maximum Gasteiger partial charge on any atom is 0.162 e. The van der Waals surface area contributed by atoms with E-state index in [1.54, 1.807) is 31.6 Å². The van der Waals surface area contributed by atoms with Crippen LogP contribution in [-0.2, 0) is 6.54 Å². The maximum absolute atomic E-state index is 6.20. The number of rotatable bonds is 5. The number of thiophene rings is 1. The third-order valence-electron chi connectivity index (χ3n) is 2.58. The summed E-state index contributed by atoms with van der Waals surface area (Å²) in [5, 5.41) is 5.98. The summed E-state index contributed by atoms with van der Waals surface area (Å²) in [5.41, 5.74) is 2.02. The fraction of sp³-hybridized carbons (Fsp3) is 0.231. The predicted octanol–water partition coefficient (Wildman–Crippen LogP) is 4.79. The van der Waals surface area contributed by atoms with E-state index in [1.165, 1.54) is 5.56 Å². The van der Waals surface area contributed by atoms with Gasteiger partial charge in [-0.15, -0.1) is 11.3 Å². The minimum Gasteiger partial charge on any atom is -0.493 e. The van der Waals surface area contributed by atoms with Crippen LogP contribution in [0.5, 0.6) is 11.5 Å². The lowest BCUT2D eigenvalue weighted by atomic mass is 10.2. The Labute approximate surface area is 129 Å². The lowest BCUT2D eigenvalue weighted by Gasteiger charge is -2.13. The van der Waals surface area contributed by atoms with Crippen LogP contribution in [0.15, 0.2) is 27.4 Å². The lowest BCUT2D eigenvalue weighted by Crippen LogP contribution is -2.00. The Bertz CT molecular complexity index is 574. The zero-order chi connectivity index (χ0) is 13.8. The van der Waals surface area contributed by atoms with Crippen molar-refractivity contribution in [1.82, 2.24) is 0 Å². The Balaban J connectivity index is 2.15. The topological polar surface area (TPSA) is 30.5 Å². The molecular formula is C13H13BrClNO2S. The van der Waals surface area contributed by atoms with Gasteiger partial charge in [-0.3, -0.25) is 0 Å². The van der Waals surface area contributed by atoms with Gasteiger partial charge in [0.15, 0.2) is 11.5 Å². The Morgan fingerprint density at radius 3 is 2.47 bits per heavy atom. The Morgan fingerprint density at radius 2 is 1.89 bits per heavy atom. The molecule has 2 aromatic rings. The number of ether oxygens (including phenoxy) is 2. The maximum atomic E-state index is 6.20. The normalized spacial score (nSPS) is 10.3. The first-order valence-corrected chi connectivity index (χ1v) is 7.57. The molecule has 6 heteroatoms. The highest BCUT2D eigenvalue weighted by molar-refractivity contribution is 9.11. The first kappa shape index (κ1) is 14.5. The second-order valence-electron chi connectivity index (χ2n) is 3.80. The van der Waals surface area contributed by atoms with Crippen molar-refractivity contribution in [2.45, 2.75) is 6.54 Å². The van der Waals surface area contributed by atoms with Crippen molar-refractivity contribution in [1.29, 1.82) is 0 Å². The molecular weight excluding hydrogens is 350 g/mol. The molecule has 0 aliphatic heterocycles. The van der Waals surface area contributed by atoms with E-state index < -0.39 is 0 Å². The molecule has 0 radical (unpaired) electrons. The van der Waals surface area contributed by atoms with Crippen LogP contribution < -0.4 is 14.8 Å². The van der Waals surface area contributed by atoms with E-state index in [-0.39, 0.29) is 0 Å². The molecule has 19 heavy (non-hydrogen) atoms. The number of hydrogen-bond acceptors (Lipinski definition) is 4. The lowest BCUT2D eigenvalue weighted by molar-refractivity contribution is 0.355. The minimum absolute atomic E-state index is 0.604. The largest absolute Gasteiger partial charge is 0.493 e. The second kappa shape index (κ2) is 6.50. The van der Waals surface area contributed by atoms with E-state index in [1.807, 2.05) is 6.07 Å². The number of nitrogens with one attached hydrogen (secondary N) is 1. The van der Waals surface area contributed by atoms with Crippen molar-refractivity contribution >= 4 is 44.6 Å². The molecule has 2 rings (SSSR count). The summed E-state index contributed by atoms with van der Waals surface area (Å²) in [6.45, 7) is 0.706. The van der Waals surface area contributed by atoms with Crippen LogP contribution in [0, 0.1) is 0 Å². The second-order valence-corrected chi connectivity index (χ2v) is 6.50. The quantitative estimate of drug-likeness (QED) is 0.829. The Morgan fingerprint density at radius 1 is 1.21 bits per heavy atom. The minimum atomic E-state index is 0.604. The molecule has 0 bridgehead atoms. The number of anilines is 1. The summed E-state index contributed by atoms with van der Waals surface area (Å²) >= 11 is 11.3. The number of methoxy groups -OCH3 is 2. The average molecular weight is 363 g/mol. The van der Waals surface area contributed by atoms with E-state index in [4.69, 9.17) is 21.1 Å². The molecule has 1 aromatic heterocycles. The molecule has 3 nitrogen and oxygen atoms in total. The molecule has 1 N–H and O–H groups in total. The van der Waals surface area contributed by atoms with Crippen molar-refractivity contribution in [2.24, 2.45) is 0 Å². The van der Waals surface area contributed by atoms with Gasteiger partial charge in [0.05, 0.1) is 28.7 Å². The average Bonchev–Trinajstić information content (AvgIpc) is 2.82. The molecule has 1 aromatic carbocycles. The van der Waals surface area contributed by atoms with E-state index in [0.717, 1.165) is 9.47 Å². The van der Waals surface area contributed by atoms with E-state index in [2.05, 4.69) is 32.7 Å². The van der Waals surface area contributed by atoms with Gasteiger partial charge in [-0.1, -0.05) is 11.6 Å². The van der Waals surface area contributed by atoms with Crippen molar-refractivity contribution in [2.75, 3.05) is 19.5 Å². The van der Waals surface area contributed by atoms with Crippen LogP contribution in [-0.4, -0.2) is 14.2 Å². The molecule has 0 atom stereocenters. The monoisotopic (exact) mass is 361 g/mol. The van der Waals surface area contributed by atoms with Gasteiger partial charge < -0.3 is 14.8 Å². The van der Waals surface area contributed by atoms with E-state index in [0.29, 0.717) is 23.1 Å². The molecule has 102 valence electrons. The molecule has 0 fully saturated rings. The summed E-state index contributed by atoms with van der Waals surface area (Å²) in [4.78, 5) is 0. The number of halogens is 2. The van der Waals surface area contributed by atoms with E-state index >= 15 is 0 Å². The zero-order valence-corrected chi connectivity index (χ0v) is 13.7. The summed E-state index contributed by atoms with van der Waals surface area (Å²) in [6, 6.07) is 5.65. The zero-order valence-electron chi connectivity index (χ0n) is 10.5. The van der Waals surface area contributed by atoms with Crippen LogP contribution in [0.2, 0.25) is 5.02 Å². The standard InChI is InChI=1S/C13H13BrClNO2S/c1-17-11-4-9(15)10(5-12(11)18-2)16-6-8-3-13(14)19-7-8/h3-5,7,16H,6H2,1-2H3. The molecule has 0 spiro atoms. The first-order chi connectivity index (χ1) is 9.13. The smallest absolute Gasteiger partial charge is 0.162 e. The molecule has 0 aliphatic rings. The molecule has 0 aliphatic carbocycles. The highest BCUT2D eigenvalue weighted by Crippen LogP contribution is 2.36. The third-order valence-corrected chi connectivity index (χ3v) is 4.44. The summed E-state index contributed by atoms with van der Waals surface area (Å²) in [6.07, 6.45) is 0. The van der Waals surface area contributed by atoms with Gasteiger partial charge in [0, 0.05) is 18.7 Å². The van der Waals surface area contributed by atoms with Crippen LogP contribution in [0.1, 0.15) is 5.56 Å². The fourth-order valence-corrected chi connectivity index (χ4v) is 3.06. The van der Waals surface area contributed by atoms with Gasteiger partial charge >= 0.3 is 0 Å². The van der Waals surface area contributed by atoms with Crippen LogP contribution in [0.4, 0.5) is 5.69 Å². The fourth-order valence-electron chi connectivity index (χ4n) is 1.63. The van der Waals surface area contributed by atoms with Crippen molar-refractivity contribution < 1.29 is 9.47 Å². The van der Waals surface area contributed by atoms with Gasteiger partial charge in [-0.25, -0.2) is 0 Å². The first-order valence-electron chi connectivity index (χ1n) is 5.52. The SMILES string of the molecule is COc1cc(Cl)c(NCc2csc(Br)c2)cc1OC. The van der Waals surface area contributed by atoms with Crippen LogP contribution >= 0.6 is 38.9 Å². The summed E-state index contributed by atoms with van der Waals surface area (Å²) in [7, 11) is 3.19. The van der Waals surface area contributed by atoms with Gasteiger partial charge in [0.2, 0.25) is 0 Å². The van der Waals surface area contributed by atoms with Gasteiger partial charge in [-0.2, -0.15) is 0 Å². The van der Waals surface area contributed by atoms with Crippen LogP contribution in [0.3, 0.4) is 0 Å². The Kier molecular flexibility index (Phi) is 4.96. The van der Waals surface area contributed by atoms with Gasteiger partial charge in [-0.05, 0) is 32.9 Å². The molecule has 0 unspecified atom stereocenters. The van der Waals surface area contributed by atoms with Crippen molar-refractivity contribution in [3.05, 3.63) is 38.0 Å². The molecule has 0 saturated carbocycles. The predicted molar refractivity (Wildman–Crippen MR) is 83.9 cm³/mol. The van der Waals surface area contributed by atoms with Crippen molar-refractivity contribution in [3.8, 4) is 11.5 Å².